The Labute approximate surface area is 191 Å². The minimum Gasteiger partial charge on any atom is -0.508 e. The molecule has 7 nitrogen and oxygen atoms in total. The van der Waals surface area contributed by atoms with Gasteiger partial charge in [0.2, 0.25) is 5.43 Å². The number of allylic oxidation sites excluding steroid dienone is 2. The number of hydrogen-bond acceptors (Lipinski definition) is 7. The molecular formula is C26H28O7. The van der Waals surface area contributed by atoms with Crippen molar-refractivity contribution in [2.45, 2.75) is 40.5 Å². The van der Waals surface area contributed by atoms with E-state index in [2.05, 4.69) is 0 Å². The number of fused-ring (bicyclic) bond motifs is 1. The van der Waals surface area contributed by atoms with E-state index < -0.39 is 5.43 Å². The summed E-state index contributed by atoms with van der Waals surface area (Å²) in [5.41, 5.74) is 1.22. The molecule has 0 saturated heterocycles. The topological polar surface area (TPSA) is 117 Å². The molecule has 3 rings (SSSR count). The number of phenolic OH excluding ortho intramolecular Hbond substituents is 3. The summed E-state index contributed by atoms with van der Waals surface area (Å²) in [6.07, 6.45) is 1.94. The van der Waals surface area contributed by atoms with Crippen LogP contribution in [0.5, 0.6) is 23.0 Å². The molecule has 0 aliphatic heterocycles. The number of carbonyl (C=O) groups excluding carboxylic acids is 1. The van der Waals surface area contributed by atoms with E-state index in [0.29, 0.717) is 0 Å². The quantitative estimate of drug-likeness (QED) is 0.438. The Morgan fingerprint density at radius 1 is 1.12 bits per heavy atom. The maximum atomic E-state index is 13.6. The van der Waals surface area contributed by atoms with E-state index in [1.807, 2.05) is 19.9 Å². The molecule has 7 heteroatoms. The number of benzene rings is 2. The largest absolute Gasteiger partial charge is 0.508 e. The van der Waals surface area contributed by atoms with E-state index >= 15 is 0 Å². The highest BCUT2D eigenvalue weighted by Crippen LogP contribution is 2.40. The molecule has 3 N–H and O–H groups in total. The van der Waals surface area contributed by atoms with E-state index in [1.54, 1.807) is 13.8 Å². The van der Waals surface area contributed by atoms with Crippen LogP contribution in [0.25, 0.3) is 22.3 Å². The van der Waals surface area contributed by atoms with Crippen molar-refractivity contribution in [2.75, 3.05) is 7.11 Å². The van der Waals surface area contributed by atoms with Crippen LogP contribution in [0.1, 0.15) is 38.8 Å². The Morgan fingerprint density at radius 3 is 2.39 bits per heavy atom. The van der Waals surface area contributed by atoms with Gasteiger partial charge in [-0.05, 0) is 32.4 Å². The fourth-order valence-electron chi connectivity index (χ4n) is 3.54. The van der Waals surface area contributed by atoms with Crippen molar-refractivity contribution >= 4 is 16.8 Å². The van der Waals surface area contributed by atoms with Gasteiger partial charge in [0.15, 0.2) is 0 Å². The SMILES string of the molecule is COc1cc2oc(-c3ccc(O)cc3O)c(CC=C(C)C)c(=O)c2c(O)c1CC(=O)C(C)C. The molecule has 0 fully saturated rings. The Hall–Kier alpha value is -3.74. The van der Waals surface area contributed by atoms with Gasteiger partial charge in [-0.15, -0.1) is 0 Å². The van der Waals surface area contributed by atoms with E-state index in [0.717, 1.165) is 11.6 Å². The van der Waals surface area contributed by atoms with Crippen molar-refractivity contribution < 1.29 is 29.3 Å². The summed E-state index contributed by atoms with van der Waals surface area (Å²) >= 11 is 0. The minimum atomic E-state index is -0.477. The Morgan fingerprint density at radius 2 is 1.82 bits per heavy atom. The van der Waals surface area contributed by atoms with Crippen molar-refractivity contribution in [1.82, 2.24) is 0 Å². The molecule has 0 aliphatic rings. The van der Waals surface area contributed by atoms with Gasteiger partial charge in [0.05, 0.1) is 12.7 Å². The summed E-state index contributed by atoms with van der Waals surface area (Å²) in [5, 5.41) is 31.1. The van der Waals surface area contributed by atoms with Crippen molar-refractivity contribution in [2.24, 2.45) is 5.92 Å². The first-order valence-corrected chi connectivity index (χ1v) is 10.6. The van der Waals surface area contributed by atoms with Crippen molar-refractivity contribution in [3.05, 3.63) is 57.3 Å². The third kappa shape index (κ3) is 4.72. The molecule has 0 radical (unpaired) electrons. The van der Waals surface area contributed by atoms with Gasteiger partial charge in [-0.2, -0.15) is 0 Å². The predicted octanol–water partition coefficient (Wildman–Crippen LogP) is 4.86. The summed E-state index contributed by atoms with van der Waals surface area (Å²) in [6.45, 7) is 7.29. The Bertz CT molecular complexity index is 1310. The van der Waals surface area contributed by atoms with Crippen molar-refractivity contribution in [1.29, 1.82) is 0 Å². The van der Waals surface area contributed by atoms with Crippen LogP contribution in [0.3, 0.4) is 0 Å². The molecule has 0 saturated carbocycles. The molecular weight excluding hydrogens is 424 g/mol. The zero-order valence-corrected chi connectivity index (χ0v) is 19.4. The zero-order valence-electron chi connectivity index (χ0n) is 19.4. The van der Waals surface area contributed by atoms with Crippen molar-refractivity contribution in [3.63, 3.8) is 0 Å². The normalized spacial score (nSPS) is 11.1. The average molecular weight is 453 g/mol. The van der Waals surface area contributed by atoms with Gasteiger partial charge in [-0.1, -0.05) is 25.5 Å². The van der Waals surface area contributed by atoms with Crippen LogP contribution in [0, 0.1) is 5.92 Å². The lowest BCUT2D eigenvalue weighted by Gasteiger charge is -2.16. The lowest BCUT2D eigenvalue weighted by molar-refractivity contribution is -0.121. The van der Waals surface area contributed by atoms with Crippen LogP contribution in [-0.2, 0) is 17.6 Å². The zero-order chi connectivity index (χ0) is 24.4. The van der Waals surface area contributed by atoms with E-state index in [1.165, 1.54) is 25.3 Å². The van der Waals surface area contributed by atoms with E-state index in [-0.39, 0.29) is 81.0 Å². The fraction of sp³-hybridized carbons (Fsp3) is 0.308. The lowest BCUT2D eigenvalue weighted by Crippen LogP contribution is -2.14. The van der Waals surface area contributed by atoms with Gasteiger partial charge < -0.3 is 24.5 Å². The second kappa shape index (κ2) is 9.40. The summed E-state index contributed by atoms with van der Waals surface area (Å²) in [4.78, 5) is 26.0. The van der Waals surface area contributed by atoms with E-state index in [9.17, 15) is 24.9 Å². The molecule has 0 aliphatic carbocycles. The lowest BCUT2D eigenvalue weighted by atomic mass is 9.95. The number of phenols is 3. The molecule has 0 unspecified atom stereocenters. The Kier molecular flexibility index (Phi) is 6.81. The average Bonchev–Trinajstić information content (AvgIpc) is 2.74. The van der Waals surface area contributed by atoms with E-state index in [4.69, 9.17) is 9.15 Å². The van der Waals surface area contributed by atoms with Gasteiger partial charge in [0, 0.05) is 35.6 Å². The van der Waals surface area contributed by atoms with Crippen LogP contribution in [0.15, 0.2) is 45.1 Å². The van der Waals surface area contributed by atoms with Gasteiger partial charge in [0.1, 0.15) is 45.5 Å². The number of ketones is 1. The molecule has 0 spiro atoms. The van der Waals surface area contributed by atoms with Gasteiger partial charge in [-0.25, -0.2) is 0 Å². The molecule has 3 aromatic rings. The fourth-order valence-corrected chi connectivity index (χ4v) is 3.54. The Balaban J connectivity index is 2.39. The van der Waals surface area contributed by atoms with Gasteiger partial charge in [-0.3, -0.25) is 9.59 Å². The maximum absolute atomic E-state index is 13.6. The number of rotatable bonds is 7. The number of methoxy groups -OCH3 is 1. The van der Waals surface area contributed by atoms with Gasteiger partial charge >= 0.3 is 0 Å². The van der Waals surface area contributed by atoms with Crippen LogP contribution in [0.2, 0.25) is 0 Å². The molecule has 0 atom stereocenters. The highest BCUT2D eigenvalue weighted by Gasteiger charge is 2.25. The minimum absolute atomic E-state index is 0.0541. The van der Waals surface area contributed by atoms with Crippen LogP contribution >= 0.6 is 0 Å². The van der Waals surface area contributed by atoms with Crippen LogP contribution < -0.4 is 10.2 Å². The molecule has 33 heavy (non-hydrogen) atoms. The van der Waals surface area contributed by atoms with Gasteiger partial charge in [0.25, 0.3) is 0 Å². The standard InChI is InChI=1S/C26H28O7/c1-13(2)6-8-17-24(30)23-22(33-26(17)16-9-7-15(27)10-20(16)29)12-21(32-5)18(25(23)31)11-19(28)14(3)4/h6-7,9-10,12,14,27,29,31H,8,11H2,1-5H3. The summed E-state index contributed by atoms with van der Waals surface area (Å²) < 4.78 is 11.4. The summed E-state index contributed by atoms with van der Waals surface area (Å²) in [6, 6.07) is 5.45. The second-order valence-corrected chi connectivity index (χ2v) is 8.50. The predicted molar refractivity (Wildman–Crippen MR) is 126 cm³/mol. The molecule has 0 amide bonds. The third-order valence-electron chi connectivity index (χ3n) is 5.47. The smallest absolute Gasteiger partial charge is 0.200 e. The number of hydrogen-bond donors (Lipinski definition) is 3. The molecule has 1 heterocycles. The third-order valence-corrected chi connectivity index (χ3v) is 5.47. The summed E-state index contributed by atoms with van der Waals surface area (Å²) in [7, 11) is 1.40. The highest BCUT2D eigenvalue weighted by atomic mass is 16.5. The second-order valence-electron chi connectivity index (χ2n) is 8.50. The van der Waals surface area contributed by atoms with Crippen LogP contribution in [0.4, 0.5) is 0 Å². The monoisotopic (exact) mass is 452 g/mol. The number of Topliss-reactive ketones (excluding diaryl/α,β-unsaturated/α-hetero) is 1. The van der Waals surface area contributed by atoms with Crippen molar-refractivity contribution in [3.8, 4) is 34.3 Å². The molecule has 0 bridgehead atoms. The first kappa shape index (κ1) is 23.9. The molecule has 2 aromatic carbocycles. The first-order chi connectivity index (χ1) is 15.5. The first-order valence-electron chi connectivity index (χ1n) is 10.6. The maximum Gasteiger partial charge on any atom is 0.200 e. The summed E-state index contributed by atoms with van der Waals surface area (Å²) in [5.74, 6) is -0.774. The molecule has 174 valence electrons. The number of ether oxygens (including phenoxy) is 1. The highest BCUT2D eigenvalue weighted by molar-refractivity contribution is 5.92. The number of carbonyl (C=O) groups is 1. The van der Waals surface area contributed by atoms with Crippen LogP contribution in [-0.4, -0.2) is 28.2 Å². The number of aromatic hydroxyl groups is 3. The molecule has 1 aromatic heterocycles.